The number of aromatic hydroxyl groups is 1. The maximum atomic E-state index is 11.9. The lowest BCUT2D eigenvalue weighted by Gasteiger charge is -2.33. The van der Waals surface area contributed by atoms with Crippen molar-refractivity contribution >= 4 is 54.6 Å². The fraction of sp³-hybridized carbons (Fsp3) is 0.400. The smallest absolute Gasteiger partial charge is 0.246 e. The van der Waals surface area contributed by atoms with Crippen LogP contribution in [0, 0.1) is 0 Å². The zero-order valence-corrected chi connectivity index (χ0v) is 22.8. The molecule has 2 aliphatic rings. The standard InChI is InChI=1S/C25H31N7O4S2/c1-3-4-19-15-18(5-6-21(19)33)17-26-29-25-27-20-16-22(30-7-9-32(10-8-30)38(2,34)35)37-23(20)24(28-25)31-11-13-36-14-12-31/h3,5-6,15-17,33H,1,4,7-14H2,2H3,(H,27,28,29)/b26-17+. The zero-order chi connectivity index (χ0) is 26.7. The van der Waals surface area contributed by atoms with Gasteiger partial charge in [0.2, 0.25) is 16.0 Å². The largest absolute Gasteiger partial charge is 0.508 e. The predicted octanol–water partition coefficient (Wildman–Crippen LogP) is 2.49. The number of nitrogens with zero attached hydrogens (tertiary/aromatic N) is 6. The summed E-state index contributed by atoms with van der Waals surface area (Å²) in [7, 11) is -3.19. The number of phenolic OH excluding ortho intramolecular Hbond substituents is 1. The van der Waals surface area contributed by atoms with Crippen molar-refractivity contribution in [1.82, 2.24) is 14.3 Å². The summed E-state index contributed by atoms with van der Waals surface area (Å²) in [4.78, 5) is 13.9. The molecule has 1 aromatic carbocycles. The number of aromatic nitrogens is 2. The van der Waals surface area contributed by atoms with Crippen LogP contribution in [-0.2, 0) is 21.2 Å². The molecule has 2 aromatic heterocycles. The lowest BCUT2D eigenvalue weighted by Crippen LogP contribution is -2.48. The van der Waals surface area contributed by atoms with Gasteiger partial charge in [-0.3, -0.25) is 0 Å². The molecule has 0 amide bonds. The Morgan fingerprint density at radius 1 is 1.13 bits per heavy atom. The summed E-state index contributed by atoms with van der Waals surface area (Å²) < 4.78 is 31.9. The van der Waals surface area contributed by atoms with Crippen LogP contribution in [0.1, 0.15) is 11.1 Å². The minimum atomic E-state index is -3.19. The van der Waals surface area contributed by atoms with Gasteiger partial charge in [-0.1, -0.05) is 6.08 Å². The number of ether oxygens (including phenoxy) is 1. The molecule has 5 rings (SSSR count). The summed E-state index contributed by atoms with van der Waals surface area (Å²) in [5.74, 6) is 1.44. The molecule has 4 heterocycles. The highest BCUT2D eigenvalue weighted by molar-refractivity contribution is 7.88. The molecule has 2 N–H and O–H groups in total. The molecule has 3 aromatic rings. The monoisotopic (exact) mass is 557 g/mol. The van der Waals surface area contributed by atoms with Gasteiger partial charge in [0.1, 0.15) is 5.75 Å². The van der Waals surface area contributed by atoms with Gasteiger partial charge in [-0.25, -0.2) is 18.8 Å². The molecule has 0 aliphatic carbocycles. The highest BCUT2D eigenvalue weighted by Gasteiger charge is 2.26. The molecule has 202 valence electrons. The van der Waals surface area contributed by atoms with Gasteiger partial charge >= 0.3 is 0 Å². The van der Waals surface area contributed by atoms with E-state index in [1.165, 1.54) is 10.6 Å². The summed E-state index contributed by atoms with van der Waals surface area (Å²) in [6.07, 6.45) is 5.22. The number of sulfonamides is 1. The number of benzene rings is 1. The van der Waals surface area contributed by atoms with Gasteiger partial charge in [0, 0.05) is 39.3 Å². The quantitative estimate of drug-likeness (QED) is 0.244. The first kappa shape index (κ1) is 26.4. The third-order valence-electron chi connectivity index (χ3n) is 6.52. The number of rotatable bonds is 8. The molecule has 2 fully saturated rings. The van der Waals surface area contributed by atoms with Gasteiger partial charge in [0.15, 0.2) is 5.82 Å². The molecular formula is C25H31N7O4S2. The van der Waals surface area contributed by atoms with Crippen LogP contribution in [0.15, 0.2) is 42.0 Å². The van der Waals surface area contributed by atoms with Crippen LogP contribution in [0.4, 0.5) is 16.8 Å². The van der Waals surface area contributed by atoms with Crippen molar-refractivity contribution in [2.45, 2.75) is 6.42 Å². The van der Waals surface area contributed by atoms with Gasteiger partial charge in [-0.15, -0.1) is 17.9 Å². The number of hydrazone groups is 1. The van der Waals surface area contributed by atoms with E-state index in [-0.39, 0.29) is 5.75 Å². The first-order valence-corrected chi connectivity index (χ1v) is 15.0. The molecule has 38 heavy (non-hydrogen) atoms. The van der Waals surface area contributed by atoms with E-state index in [0.717, 1.165) is 45.3 Å². The van der Waals surface area contributed by atoms with Crippen molar-refractivity contribution in [2.75, 3.05) is 74.0 Å². The Balaban J connectivity index is 1.40. The minimum Gasteiger partial charge on any atom is -0.508 e. The van der Waals surface area contributed by atoms with E-state index in [4.69, 9.17) is 14.7 Å². The van der Waals surface area contributed by atoms with E-state index in [9.17, 15) is 13.5 Å². The molecule has 0 radical (unpaired) electrons. The van der Waals surface area contributed by atoms with Crippen molar-refractivity contribution in [2.24, 2.45) is 5.10 Å². The van der Waals surface area contributed by atoms with Gasteiger partial charge in [0.05, 0.1) is 40.9 Å². The van der Waals surface area contributed by atoms with E-state index in [0.29, 0.717) is 51.8 Å². The van der Waals surface area contributed by atoms with E-state index in [1.54, 1.807) is 35.8 Å². The number of thiophene rings is 1. The molecule has 0 bridgehead atoms. The number of piperazine rings is 1. The summed E-state index contributed by atoms with van der Waals surface area (Å²) in [6.45, 7) is 8.62. The Hall–Kier alpha value is -3.26. The van der Waals surface area contributed by atoms with Crippen molar-refractivity contribution in [1.29, 1.82) is 0 Å². The maximum Gasteiger partial charge on any atom is 0.246 e. The summed E-state index contributed by atoms with van der Waals surface area (Å²) >= 11 is 1.62. The number of phenols is 1. The van der Waals surface area contributed by atoms with Crippen LogP contribution in [-0.4, -0.2) is 92.8 Å². The van der Waals surface area contributed by atoms with Crippen molar-refractivity contribution < 1.29 is 18.3 Å². The second-order valence-electron chi connectivity index (χ2n) is 9.17. The SMILES string of the molecule is C=CCc1cc(/C=N/Nc2nc(N3CCOCC3)c3sc(N4CCN(S(C)(=O)=O)CC4)cc3n2)ccc1O. The fourth-order valence-electron chi connectivity index (χ4n) is 4.51. The molecular weight excluding hydrogens is 526 g/mol. The molecule has 11 nitrogen and oxygen atoms in total. The second kappa shape index (κ2) is 11.2. The molecule has 2 saturated heterocycles. The zero-order valence-electron chi connectivity index (χ0n) is 21.2. The lowest BCUT2D eigenvalue weighted by atomic mass is 10.1. The Morgan fingerprint density at radius 2 is 1.89 bits per heavy atom. The van der Waals surface area contributed by atoms with Crippen LogP contribution < -0.4 is 15.2 Å². The Kier molecular flexibility index (Phi) is 7.79. The molecule has 13 heteroatoms. The van der Waals surface area contributed by atoms with E-state index in [2.05, 4.69) is 26.9 Å². The normalized spacial score (nSPS) is 17.4. The Bertz CT molecular complexity index is 1440. The third kappa shape index (κ3) is 5.90. The van der Waals surface area contributed by atoms with Crippen molar-refractivity contribution in [3.63, 3.8) is 0 Å². The molecule has 0 spiro atoms. The fourth-order valence-corrected chi connectivity index (χ4v) is 6.50. The summed E-state index contributed by atoms with van der Waals surface area (Å²) in [5.41, 5.74) is 5.38. The first-order valence-electron chi connectivity index (χ1n) is 12.4. The molecule has 2 aliphatic heterocycles. The topological polar surface area (TPSA) is 123 Å². The van der Waals surface area contributed by atoms with Crippen LogP contribution in [0.2, 0.25) is 0 Å². The minimum absolute atomic E-state index is 0.227. The van der Waals surface area contributed by atoms with Gasteiger partial charge in [-0.2, -0.15) is 14.4 Å². The molecule has 0 saturated carbocycles. The third-order valence-corrected chi connectivity index (χ3v) is 9.00. The first-order chi connectivity index (χ1) is 18.3. The number of fused-ring (bicyclic) bond motifs is 1. The van der Waals surface area contributed by atoms with Gasteiger partial charge in [-0.05, 0) is 41.8 Å². The maximum absolute atomic E-state index is 11.9. The van der Waals surface area contributed by atoms with Crippen LogP contribution in [0.3, 0.4) is 0 Å². The number of anilines is 3. The van der Waals surface area contributed by atoms with E-state index < -0.39 is 10.0 Å². The number of morpholine rings is 1. The lowest BCUT2D eigenvalue weighted by molar-refractivity contribution is 0.122. The average molecular weight is 558 g/mol. The van der Waals surface area contributed by atoms with E-state index >= 15 is 0 Å². The number of allylic oxidation sites excluding steroid dienone is 1. The van der Waals surface area contributed by atoms with Gasteiger partial charge < -0.3 is 19.6 Å². The second-order valence-corrected chi connectivity index (χ2v) is 12.2. The average Bonchev–Trinajstić information content (AvgIpc) is 3.34. The van der Waals surface area contributed by atoms with Crippen LogP contribution in [0.5, 0.6) is 5.75 Å². The van der Waals surface area contributed by atoms with Gasteiger partial charge in [0.25, 0.3) is 0 Å². The number of hydrogen-bond acceptors (Lipinski definition) is 11. The van der Waals surface area contributed by atoms with Crippen LogP contribution in [0.25, 0.3) is 10.2 Å². The molecule has 0 atom stereocenters. The number of hydrogen-bond donors (Lipinski definition) is 2. The number of nitrogens with one attached hydrogen (secondary N) is 1. The Labute approximate surface area is 226 Å². The predicted molar refractivity (Wildman–Crippen MR) is 152 cm³/mol. The van der Waals surface area contributed by atoms with Crippen molar-refractivity contribution in [3.05, 3.63) is 48.0 Å². The Morgan fingerprint density at radius 3 is 2.61 bits per heavy atom. The highest BCUT2D eigenvalue weighted by Crippen LogP contribution is 2.38. The van der Waals surface area contributed by atoms with Crippen LogP contribution >= 0.6 is 11.3 Å². The van der Waals surface area contributed by atoms with Crippen molar-refractivity contribution in [3.8, 4) is 5.75 Å². The summed E-state index contributed by atoms with van der Waals surface area (Å²) in [5, 5.41) is 15.4. The van der Waals surface area contributed by atoms with E-state index in [1.807, 2.05) is 12.1 Å². The highest BCUT2D eigenvalue weighted by atomic mass is 32.2. The molecule has 0 unspecified atom stereocenters. The summed E-state index contributed by atoms with van der Waals surface area (Å²) in [6, 6.07) is 7.32.